The van der Waals surface area contributed by atoms with Gasteiger partial charge in [0.15, 0.2) is 0 Å². The van der Waals surface area contributed by atoms with E-state index in [1.54, 1.807) is 6.04 Å². The van der Waals surface area contributed by atoms with Crippen molar-refractivity contribution in [1.29, 1.82) is 15.8 Å². The van der Waals surface area contributed by atoms with Gasteiger partial charge in [-0.3, -0.25) is 0 Å². The fraction of sp³-hybridized carbons (Fsp3) is 0.350. The molecular formula is C60H73N3Si2. The number of nitriles is 3. The monoisotopic (exact) mass is 892 g/mol. The van der Waals surface area contributed by atoms with E-state index < -0.39 is 8.07 Å². The highest BCUT2D eigenvalue weighted by atomic mass is 28.3. The summed E-state index contributed by atoms with van der Waals surface area (Å²) in [7, 11) is -0.727. The molecule has 336 valence electrons. The predicted octanol–water partition coefficient (Wildman–Crippen LogP) is 16.7. The van der Waals surface area contributed by atoms with Crippen LogP contribution in [0.2, 0.25) is 31.7 Å². The molecule has 0 radical (unpaired) electrons. The highest BCUT2D eigenvalue weighted by molar-refractivity contribution is 6.76. The molecule has 0 unspecified atom stereocenters. The molecule has 0 aliphatic heterocycles. The van der Waals surface area contributed by atoms with E-state index >= 15 is 0 Å². The fourth-order valence-electron chi connectivity index (χ4n) is 8.49. The molecule has 0 atom stereocenters. The Bertz CT molecular complexity index is 2360. The summed E-state index contributed by atoms with van der Waals surface area (Å²) in [5.74, 6) is 1.63. The molecule has 0 saturated heterocycles. The lowest BCUT2D eigenvalue weighted by molar-refractivity contribution is 0.348. The first kappa shape index (κ1) is 51.9. The van der Waals surface area contributed by atoms with Gasteiger partial charge in [-0.05, 0) is 113 Å². The van der Waals surface area contributed by atoms with Crippen molar-refractivity contribution < 1.29 is 0 Å². The Morgan fingerprint density at radius 3 is 1.28 bits per heavy atom. The Hall–Kier alpha value is -5.78. The van der Waals surface area contributed by atoms with Gasteiger partial charge in [-0.1, -0.05) is 218 Å². The molecule has 1 fully saturated rings. The van der Waals surface area contributed by atoms with Gasteiger partial charge in [-0.15, -0.1) is 0 Å². The average Bonchev–Trinajstić information content (AvgIpc) is 3.34. The van der Waals surface area contributed by atoms with Crippen molar-refractivity contribution >= 4 is 17.6 Å². The molecule has 6 aromatic rings. The average molecular weight is 892 g/mol. The van der Waals surface area contributed by atoms with E-state index in [4.69, 9.17) is 15.8 Å². The summed E-state index contributed by atoms with van der Waals surface area (Å²) in [5.41, 5.74) is 13.5. The van der Waals surface area contributed by atoms with Crippen LogP contribution in [0, 0.1) is 46.8 Å². The number of hydrogen-bond acceptors (Lipinski definition) is 3. The second-order valence-corrected chi connectivity index (χ2v) is 25.6. The van der Waals surface area contributed by atoms with Crippen molar-refractivity contribution in [3.05, 3.63) is 179 Å². The summed E-state index contributed by atoms with van der Waals surface area (Å²) in [6.07, 6.45) is 12.5. The first-order chi connectivity index (χ1) is 31.5. The van der Waals surface area contributed by atoms with Crippen molar-refractivity contribution in [2.24, 2.45) is 5.92 Å². The van der Waals surface area contributed by atoms with Gasteiger partial charge in [0, 0.05) is 9.52 Å². The third-order valence-corrected chi connectivity index (χ3v) is 16.9. The van der Waals surface area contributed by atoms with E-state index in [9.17, 15) is 0 Å². The van der Waals surface area contributed by atoms with Crippen LogP contribution >= 0.6 is 0 Å². The predicted molar refractivity (Wildman–Crippen MR) is 285 cm³/mol. The van der Waals surface area contributed by atoms with Gasteiger partial charge in [0.2, 0.25) is 0 Å². The summed E-state index contributed by atoms with van der Waals surface area (Å²) < 4.78 is 0. The van der Waals surface area contributed by atoms with Gasteiger partial charge in [0.05, 0.1) is 43.0 Å². The number of benzene rings is 6. The normalized spacial score (nSPS) is 14.2. The van der Waals surface area contributed by atoms with Crippen molar-refractivity contribution in [3.8, 4) is 51.6 Å². The van der Waals surface area contributed by atoms with Crippen molar-refractivity contribution in [3.63, 3.8) is 0 Å². The zero-order valence-corrected chi connectivity index (χ0v) is 43.0. The maximum absolute atomic E-state index is 8.92. The van der Waals surface area contributed by atoms with Crippen LogP contribution in [-0.4, -0.2) is 17.6 Å². The molecule has 0 bridgehead atoms. The van der Waals surface area contributed by atoms with Crippen molar-refractivity contribution in [2.75, 3.05) is 0 Å². The molecule has 7 rings (SSSR count). The van der Waals surface area contributed by atoms with Gasteiger partial charge >= 0.3 is 0 Å². The minimum absolute atomic E-state index is 0.386. The Balaban J connectivity index is 0.000000208. The third-order valence-electron chi connectivity index (χ3n) is 12.5. The topological polar surface area (TPSA) is 71.4 Å². The molecule has 1 aliphatic carbocycles. The SMILES string of the molecule is CC1CCC(c2ccc(C#N)cc2)CC1.CCCCCC[SiH2]C.CCC[Si](C)(C)Cc1ccc(-c2ccc(-c3ccc(C#N)cc3)cc2)cc1.Cc1ccc(-c2ccc(C#N)cc2)cc1. The minimum Gasteiger partial charge on any atom is -0.192 e. The molecule has 3 nitrogen and oxygen atoms in total. The maximum atomic E-state index is 8.92. The van der Waals surface area contributed by atoms with E-state index in [2.05, 4.69) is 150 Å². The number of nitrogens with zero attached hydrogens (tertiary/aromatic N) is 3. The molecule has 1 saturated carbocycles. The van der Waals surface area contributed by atoms with Crippen molar-refractivity contribution in [1.82, 2.24) is 0 Å². The molecule has 5 heteroatoms. The first-order valence-corrected chi connectivity index (χ1v) is 30.1. The third kappa shape index (κ3) is 18.3. The van der Waals surface area contributed by atoms with Crippen LogP contribution in [0.4, 0.5) is 0 Å². The first-order valence-electron chi connectivity index (χ1n) is 24.3. The quantitative estimate of drug-likeness (QED) is 0.0856. The van der Waals surface area contributed by atoms with E-state index in [0.717, 1.165) is 28.5 Å². The molecule has 0 aromatic heterocycles. The van der Waals surface area contributed by atoms with E-state index in [1.807, 2.05) is 60.7 Å². The molecule has 0 N–H and O–H groups in total. The number of unbranched alkanes of at least 4 members (excludes halogenated alkanes) is 3. The highest BCUT2D eigenvalue weighted by Gasteiger charge is 2.20. The molecule has 0 heterocycles. The van der Waals surface area contributed by atoms with Crippen molar-refractivity contribution in [2.45, 2.75) is 129 Å². The van der Waals surface area contributed by atoms with Gasteiger partial charge in [0.1, 0.15) is 0 Å². The summed E-state index contributed by atoms with van der Waals surface area (Å²) in [6.45, 7) is 16.4. The van der Waals surface area contributed by atoms with Gasteiger partial charge in [-0.2, -0.15) is 15.8 Å². The maximum Gasteiger partial charge on any atom is 0.0991 e. The molecule has 1 aliphatic rings. The van der Waals surface area contributed by atoms with Gasteiger partial charge in [0.25, 0.3) is 0 Å². The minimum atomic E-state index is -1.11. The summed E-state index contributed by atoms with van der Waals surface area (Å²) >= 11 is 0. The smallest absolute Gasteiger partial charge is 0.0991 e. The van der Waals surface area contributed by atoms with Crippen LogP contribution in [-0.2, 0) is 6.04 Å². The second-order valence-electron chi connectivity index (χ2n) is 18.7. The number of hydrogen-bond donors (Lipinski definition) is 0. The zero-order valence-electron chi connectivity index (χ0n) is 40.5. The van der Waals surface area contributed by atoms with Crippen LogP contribution in [0.1, 0.15) is 118 Å². The zero-order chi connectivity index (χ0) is 46.9. The summed E-state index contributed by atoms with van der Waals surface area (Å²) in [6, 6.07) is 60.3. The molecule has 0 spiro atoms. The van der Waals surface area contributed by atoms with Gasteiger partial charge in [-0.25, -0.2) is 0 Å². The Morgan fingerprint density at radius 2 is 0.892 bits per heavy atom. The van der Waals surface area contributed by atoms with Gasteiger partial charge < -0.3 is 0 Å². The highest BCUT2D eigenvalue weighted by Crippen LogP contribution is 2.35. The molecule has 6 aromatic carbocycles. The number of aryl methyl sites for hydroxylation is 1. The van der Waals surface area contributed by atoms with Crippen LogP contribution < -0.4 is 0 Å². The lowest BCUT2D eigenvalue weighted by atomic mass is 9.79. The summed E-state index contributed by atoms with van der Waals surface area (Å²) in [4.78, 5) is 0. The molecular weight excluding hydrogens is 819 g/mol. The lowest BCUT2D eigenvalue weighted by Gasteiger charge is -2.26. The van der Waals surface area contributed by atoms with Crippen LogP contribution in [0.3, 0.4) is 0 Å². The molecule has 65 heavy (non-hydrogen) atoms. The Labute approximate surface area is 397 Å². The lowest BCUT2D eigenvalue weighted by Crippen LogP contribution is -2.28. The van der Waals surface area contributed by atoms with Crippen LogP contribution in [0.5, 0.6) is 0 Å². The second kappa shape index (κ2) is 28.2. The van der Waals surface area contributed by atoms with Crippen LogP contribution in [0.25, 0.3) is 33.4 Å². The molecule has 0 amide bonds. The number of rotatable bonds is 13. The van der Waals surface area contributed by atoms with E-state index in [1.165, 1.54) is 109 Å². The Kier molecular flexibility index (Phi) is 22.5. The Morgan fingerprint density at radius 1 is 0.508 bits per heavy atom. The largest absolute Gasteiger partial charge is 0.192 e. The van der Waals surface area contributed by atoms with Crippen LogP contribution in [0.15, 0.2) is 146 Å². The van der Waals surface area contributed by atoms with E-state index in [-0.39, 0.29) is 0 Å². The summed E-state index contributed by atoms with van der Waals surface area (Å²) in [5, 5.41) is 26.3. The fourth-order valence-corrected chi connectivity index (χ4v) is 12.2. The van der Waals surface area contributed by atoms with E-state index in [0.29, 0.717) is 20.6 Å². The standard InChI is InChI=1S/C25H27NSi.C14H17N.C14H11N.C7H18Si/c1-4-17-27(2,3)19-21-7-11-23(12-8-21)25-15-13-24(14-16-25)22-9-5-20(18-26)6-10-22;2*1-11-2-6-13(7-3-11)14-8-4-12(10-15)5-9-14;1-3-4-5-6-7-8-2/h5-16H,4,17,19H2,1-3H3;4-5,8-9,11,13H,2-3,6-7H2,1H3;2-9H,1H3;3-8H2,1-2H3.